The van der Waals surface area contributed by atoms with Crippen molar-refractivity contribution in [1.29, 1.82) is 0 Å². The molecule has 4 nitrogen and oxygen atoms in total. The predicted molar refractivity (Wildman–Crippen MR) is 68.9 cm³/mol. The van der Waals surface area contributed by atoms with Crippen LogP contribution in [0.1, 0.15) is 26.2 Å². The zero-order chi connectivity index (χ0) is 12.4. The molecule has 1 aliphatic heterocycles. The largest absolute Gasteiger partial charge is 0.341 e. The minimum Gasteiger partial charge on any atom is -0.341 e. The highest BCUT2D eigenvalue weighted by Gasteiger charge is 2.33. The summed E-state index contributed by atoms with van der Waals surface area (Å²) in [5.41, 5.74) is 0. The molecular formula is C13H25N3O. The summed E-state index contributed by atoms with van der Waals surface area (Å²) >= 11 is 0. The van der Waals surface area contributed by atoms with Crippen LogP contribution in [0.3, 0.4) is 0 Å². The first-order valence-corrected chi connectivity index (χ1v) is 6.75. The summed E-state index contributed by atoms with van der Waals surface area (Å²) in [6, 6.07) is 1.23. The van der Waals surface area contributed by atoms with Gasteiger partial charge in [-0.1, -0.05) is 6.92 Å². The normalized spacial score (nSPS) is 29.1. The third-order valence-electron chi connectivity index (χ3n) is 3.94. The molecule has 4 heteroatoms. The van der Waals surface area contributed by atoms with Crippen LogP contribution in [0.4, 0.5) is 0 Å². The lowest BCUT2D eigenvalue weighted by molar-refractivity contribution is -0.130. The van der Waals surface area contributed by atoms with E-state index in [1.165, 1.54) is 12.8 Å². The fourth-order valence-electron chi connectivity index (χ4n) is 2.65. The Morgan fingerprint density at radius 1 is 1.35 bits per heavy atom. The van der Waals surface area contributed by atoms with E-state index in [1.54, 1.807) is 0 Å². The maximum Gasteiger partial charge on any atom is 0.223 e. The highest BCUT2D eigenvalue weighted by Crippen LogP contribution is 2.21. The van der Waals surface area contributed by atoms with Gasteiger partial charge in [0, 0.05) is 38.1 Å². The van der Waals surface area contributed by atoms with E-state index < -0.39 is 0 Å². The molecular weight excluding hydrogens is 214 g/mol. The van der Waals surface area contributed by atoms with Crippen molar-refractivity contribution >= 4 is 5.91 Å². The number of carbonyl (C=O) groups is 1. The number of hydrogen-bond acceptors (Lipinski definition) is 3. The SMILES string of the molecule is CC1CN(C(=O)CCNC2CC2)CC1N(C)C. The smallest absolute Gasteiger partial charge is 0.223 e. The zero-order valence-electron chi connectivity index (χ0n) is 11.3. The molecule has 1 amide bonds. The van der Waals surface area contributed by atoms with Crippen molar-refractivity contribution in [3.63, 3.8) is 0 Å². The fourth-order valence-corrected chi connectivity index (χ4v) is 2.65. The van der Waals surface area contributed by atoms with Gasteiger partial charge in [0.05, 0.1) is 0 Å². The van der Waals surface area contributed by atoms with Crippen LogP contribution >= 0.6 is 0 Å². The third kappa shape index (κ3) is 3.42. The molecule has 0 aromatic rings. The Bertz CT molecular complexity index is 276. The molecule has 2 rings (SSSR count). The fraction of sp³-hybridized carbons (Fsp3) is 0.923. The predicted octanol–water partition coefficient (Wildman–Crippen LogP) is 0.537. The molecule has 2 atom stereocenters. The molecule has 2 fully saturated rings. The van der Waals surface area contributed by atoms with Gasteiger partial charge in [-0.25, -0.2) is 0 Å². The summed E-state index contributed by atoms with van der Waals surface area (Å²) in [6.07, 6.45) is 3.23. The Balaban J connectivity index is 1.72. The van der Waals surface area contributed by atoms with Crippen LogP contribution in [-0.4, -0.2) is 61.5 Å². The molecule has 0 aromatic heterocycles. The Morgan fingerprint density at radius 2 is 2.06 bits per heavy atom. The molecule has 1 saturated heterocycles. The van der Waals surface area contributed by atoms with Gasteiger partial charge in [-0.2, -0.15) is 0 Å². The van der Waals surface area contributed by atoms with Crippen molar-refractivity contribution in [1.82, 2.24) is 15.1 Å². The van der Waals surface area contributed by atoms with Crippen molar-refractivity contribution in [2.75, 3.05) is 33.7 Å². The van der Waals surface area contributed by atoms with Gasteiger partial charge in [-0.15, -0.1) is 0 Å². The number of hydrogen-bond donors (Lipinski definition) is 1. The number of nitrogens with one attached hydrogen (secondary N) is 1. The van der Waals surface area contributed by atoms with Gasteiger partial charge < -0.3 is 15.1 Å². The maximum atomic E-state index is 12.0. The van der Waals surface area contributed by atoms with Gasteiger partial charge in [-0.05, 0) is 32.9 Å². The van der Waals surface area contributed by atoms with Crippen LogP contribution in [-0.2, 0) is 4.79 Å². The number of nitrogens with zero attached hydrogens (tertiary/aromatic N) is 2. The summed E-state index contributed by atoms with van der Waals surface area (Å²) in [7, 11) is 4.20. The Kier molecular flexibility index (Phi) is 4.05. The van der Waals surface area contributed by atoms with Gasteiger partial charge in [0.1, 0.15) is 0 Å². The first kappa shape index (κ1) is 12.8. The summed E-state index contributed by atoms with van der Waals surface area (Å²) in [6.45, 7) is 4.91. The molecule has 0 aromatic carbocycles. The Hall–Kier alpha value is -0.610. The van der Waals surface area contributed by atoms with Crippen molar-refractivity contribution in [2.45, 2.75) is 38.3 Å². The summed E-state index contributed by atoms with van der Waals surface area (Å²) < 4.78 is 0. The van der Waals surface area contributed by atoms with Gasteiger partial charge in [0.2, 0.25) is 5.91 Å². The van der Waals surface area contributed by atoms with Crippen molar-refractivity contribution in [3.8, 4) is 0 Å². The van der Waals surface area contributed by atoms with Crippen LogP contribution < -0.4 is 5.32 Å². The highest BCUT2D eigenvalue weighted by atomic mass is 16.2. The van der Waals surface area contributed by atoms with E-state index in [1.807, 2.05) is 4.90 Å². The zero-order valence-corrected chi connectivity index (χ0v) is 11.3. The van der Waals surface area contributed by atoms with E-state index in [4.69, 9.17) is 0 Å². The minimum absolute atomic E-state index is 0.314. The van der Waals surface area contributed by atoms with Gasteiger partial charge in [-0.3, -0.25) is 4.79 Å². The number of rotatable bonds is 5. The van der Waals surface area contributed by atoms with Crippen LogP contribution in [0.5, 0.6) is 0 Å². The van der Waals surface area contributed by atoms with Crippen molar-refractivity contribution in [3.05, 3.63) is 0 Å². The van der Waals surface area contributed by atoms with Gasteiger partial charge in [0.25, 0.3) is 0 Å². The average Bonchev–Trinajstić information content (AvgIpc) is 2.99. The lowest BCUT2D eigenvalue weighted by Crippen LogP contribution is -2.36. The Morgan fingerprint density at radius 3 is 2.59 bits per heavy atom. The molecule has 0 bridgehead atoms. The first-order chi connectivity index (χ1) is 8.08. The van der Waals surface area contributed by atoms with E-state index in [9.17, 15) is 4.79 Å². The lowest BCUT2D eigenvalue weighted by atomic mass is 10.1. The van der Waals surface area contributed by atoms with Crippen LogP contribution in [0.25, 0.3) is 0 Å². The third-order valence-corrected chi connectivity index (χ3v) is 3.94. The number of amides is 1. The Labute approximate surface area is 104 Å². The minimum atomic E-state index is 0.314. The lowest BCUT2D eigenvalue weighted by Gasteiger charge is -2.22. The maximum absolute atomic E-state index is 12.0. The molecule has 1 aliphatic carbocycles. The topological polar surface area (TPSA) is 35.6 Å². The molecule has 2 aliphatic rings. The monoisotopic (exact) mass is 239 g/mol. The molecule has 2 unspecified atom stereocenters. The number of likely N-dealkylation sites (tertiary alicyclic amines) is 1. The van der Waals surface area contributed by atoms with E-state index >= 15 is 0 Å². The molecule has 0 radical (unpaired) electrons. The molecule has 1 heterocycles. The van der Waals surface area contributed by atoms with Gasteiger partial charge >= 0.3 is 0 Å². The first-order valence-electron chi connectivity index (χ1n) is 6.75. The molecule has 0 spiro atoms. The van der Waals surface area contributed by atoms with E-state index in [2.05, 4.69) is 31.2 Å². The molecule has 1 saturated carbocycles. The second-order valence-electron chi connectivity index (χ2n) is 5.79. The summed E-state index contributed by atoms with van der Waals surface area (Å²) in [5, 5.41) is 3.40. The van der Waals surface area contributed by atoms with E-state index in [0.717, 1.165) is 19.6 Å². The van der Waals surface area contributed by atoms with Crippen LogP contribution in [0, 0.1) is 5.92 Å². The van der Waals surface area contributed by atoms with E-state index in [0.29, 0.717) is 30.3 Å². The summed E-state index contributed by atoms with van der Waals surface area (Å²) in [4.78, 5) is 16.3. The summed E-state index contributed by atoms with van der Waals surface area (Å²) in [5.74, 6) is 0.902. The number of carbonyl (C=O) groups excluding carboxylic acids is 1. The standard InChI is InChI=1S/C13H25N3O/c1-10-8-16(9-12(10)15(2)3)13(17)6-7-14-11-4-5-11/h10-12,14H,4-9H2,1-3H3. The average molecular weight is 239 g/mol. The highest BCUT2D eigenvalue weighted by molar-refractivity contribution is 5.76. The van der Waals surface area contributed by atoms with E-state index in [-0.39, 0.29) is 0 Å². The molecule has 1 N–H and O–H groups in total. The second kappa shape index (κ2) is 5.36. The van der Waals surface area contributed by atoms with Crippen LogP contribution in [0.15, 0.2) is 0 Å². The van der Waals surface area contributed by atoms with Crippen molar-refractivity contribution in [2.24, 2.45) is 5.92 Å². The van der Waals surface area contributed by atoms with Crippen molar-refractivity contribution < 1.29 is 4.79 Å². The van der Waals surface area contributed by atoms with Gasteiger partial charge in [0.15, 0.2) is 0 Å². The van der Waals surface area contributed by atoms with Crippen LogP contribution in [0.2, 0.25) is 0 Å². The molecule has 17 heavy (non-hydrogen) atoms. The quantitative estimate of drug-likeness (QED) is 0.760. The number of likely N-dealkylation sites (N-methyl/N-ethyl adjacent to an activating group) is 1. The molecule has 98 valence electrons. The second-order valence-corrected chi connectivity index (χ2v) is 5.79.